The van der Waals surface area contributed by atoms with Crippen LogP contribution in [0, 0.1) is 22.6 Å². The molecule has 0 atom stereocenters. The predicted octanol–water partition coefficient (Wildman–Crippen LogP) is 3.05. The molecule has 88 valence electrons. The zero-order valence-electron chi connectivity index (χ0n) is 9.17. The van der Waals surface area contributed by atoms with Gasteiger partial charge in [0.05, 0.1) is 30.1 Å². The maximum atomic E-state index is 14.0. The summed E-state index contributed by atoms with van der Waals surface area (Å²) in [5.74, 6) is -0.292. The average Bonchev–Trinajstić information content (AvgIpc) is 3.03. The van der Waals surface area contributed by atoms with Crippen LogP contribution in [0.3, 0.4) is 0 Å². The molecular formula is C13H11ClFNO. The minimum Gasteiger partial charge on any atom is -0.379 e. The number of benzene rings is 1. The van der Waals surface area contributed by atoms with E-state index in [2.05, 4.69) is 6.07 Å². The Morgan fingerprint density at radius 1 is 1.35 bits per heavy atom. The largest absolute Gasteiger partial charge is 0.379 e. The molecule has 1 aromatic rings. The van der Waals surface area contributed by atoms with Crippen LogP contribution in [0.25, 0.3) is 0 Å². The van der Waals surface area contributed by atoms with E-state index >= 15 is 0 Å². The smallest absolute Gasteiger partial charge is 0.127 e. The Balaban J connectivity index is 2.13. The minimum atomic E-state index is -0.489. The zero-order valence-corrected chi connectivity index (χ0v) is 9.93. The summed E-state index contributed by atoms with van der Waals surface area (Å²) in [4.78, 5) is 0. The number of hydrogen-bond acceptors (Lipinski definition) is 2. The van der Waals surface area contributed by atoms with Gasteiger partial charge in [0.1, 0.15) is 5.82 Å². The predicted molar refractivity (Wildman–Crippen MR) is 61.2 cm³/mol. The van der Waals surface area contributed by atoms with Gasteiger partial charge in [0.2, 0.25) is 0 Å². The second-order valence-corrected chi connectivity index (χ2v) is 5.33. The second kappa shape index (κ2) is 3.44. The lowest BCUT2D eigenvalue weighted by Crippen LogP contribution is -2.53. The lowest BCUT2D eigenvalue weighted by molar-refractivity contribution is -0.0882. The molecule has 0 amide bonds. The average molecular weight is 252 g/mol. The lowest BCUT2D eigenvalue weighted by Gasteiger charge is -2.45. The summed E-state index contributed by atoms with van der Waals surface area (Å²) in [6, 6.07) is 6.88. The number of halogens is 2. The summed E-state index contributed by atoms with van der Waals surface area (Å²) >= 11 is 5.93. The normalized spacial score (nSPS) is 23.6. The highest BCUT2D eigenvalue weighted by molar-refractivity contribution is 6.30. The van der Waals surface area contributed by atoms with Crippen LogP contribution in [-0.2, 0) is 10.2 Å². The third-order valence-electron chi connectivity index (χ3n) is 4.02. The van der Waals surface area contributed by atoms with Crippen molar-refractivity contribution < 1.29 is 9.13 Å². The first-order chi connectivity index (χ1) is 8.13. The number of ether oxygens (including phenoxy) is 1. The minimum absolute atomic E-state index is 0.292. The Morgan fingerprint density at radius 3 is 2.53 bits per heavy atom. The highest BCUT2D eigenvalue weighted by atomic mass is 35.5. The molecule has 1 saturated carbocycles. The van der Waals surface area contributed by atoms with E-state index in [1.54, 1.807) is 6.07 Å². The molecule has 0 radical (unpaired) electrons. The maximum Gasteiger partial charge on any atom is 0.127 e. The third-order valence-corrected chi connectivity index (χ3v) is 4.26. The summed E-state index contributed by atoms with van der Waals surface area (Å²) in [6.45, 7) is 0.829. The van der Waals surface area contributed by atoms with E-state index in [1.165, 1.54) is 12.1 Å². The van der Waals surface area contributed by atoms with E-state index in [-0.39, 0.29) is 5.82 Å². The molecule has 0 aromatic heterocycles. The van der Waals surface area contributed by atoms with E-state index in [4.69, 9.17) is 16.3 Å². The van der Waals surface area contributed by atoms with Gasteiger partial charge in [-0.15, -0.1) is 0 Å². The number of nitrogens with zero attached hydrogens (tertiary/aromatic N) is 1. The molecule has 0 N–H and O–H groups in total. The van der Waals surface area contributed by atoms with Crippen molar-refractivity contribution >= 4 is 11.6 Å². The molecule has 1 aliphatic heterocycles. The number of nitriles is 1. The van der Waals surface area contributed by atoms with Crippen LogP contribution in [0.1, 0.15) is 18.4 Å². The lowest BCUT2D eigenvalue weighted by atomic mass is 9.66. The summed E-state index contributed by atoms with van der Waals surface area (Å²) < 4.78 is 19.2. The Morgan fingerprint density at radius 2 is 2.06 bits per heavy atom. The topological polar surface area (TPSA) is 33.0 Å². The van der Waals surface area contributed by atoms with Crippen LogP contribution in [-0.4, -0.2) is 13.2 Å². The van der Waals surface area contributed by atoms with Gasteiger partial charge in [-0.2, -0.15) is 5.26 Å². The Hall–Kier alpha value is -1.11. The molecule has 1 aromatic carbocycles. The zero-order chi connectivity index (χ0) is 12.1. The molecule has 0 unspecified atom stereocenters. The van der Waals surface area contributed by atoms with Gasteiger partial charge < -0.3 is 4.74 Å². The van der Waals surface area contributed by atoms with Crippen molar-refractivity contribution in [1.29, 1.82) is 5.26 Å². The maximum absolute atomic E-state index is 14.0. The van der Waals surface area contributed by atoms with Gasteiger partial charge in [0.15, 0.2) is 0 Å². The Kier molecular flexibility index (Phi) is 2.23. The van der Waals surface area contributed by atoms with Crippen molar-refractivity contribution in [2.45, 2.75) is 18.3 Å². The van der Waals surface area contributed by atoms with Crippen LogP contribution < -0.4 is 0 Å². The molecule has 4 heteroatoms. The fraction of sp³-hybridized carbons (Fsp3) is 0.462. The van der Waals surface area contributed by atoms with Crippen molar-refractivity contribution in [2.24, 2.45) is 5.41 Å². The second-order valence-electron chi connectivity index (χ2n) is 4.89. The molecule has 2 nitrogen and oxygen atoms in total. The summed E-state index contributed by atoms with van der Waals surface area (Å²) in [6.07, 6.45) is 1.64. The molecule has 3 rings (SSSR count). The standard InChI is InChI=1S/C13H11ClFNO/c14-9-1-2-11(15)10(5-9)13(7-17-8-13)12(6-16)3-4-12/h1-2,5H,3-4,7-8H2. The Bertz CT molecular complexity index is 515. The first kappa shape index (κ1) is 11.0. The monoisotopic (exact) mass is 251 g/mol. The van der Waals surface area contributed by atoms with Gasteiger partial charge >= 0.3 is 0 Å². The molecule has 2 fully saturated rings. The van der Waals surface area contributed by atoms with Crippen LogP contribution in [0.15, 0.2) is 18.2 Å². The van der Waals surface area contributed by atoms with Crippen molar-refractivity contribution in [2.75, 3.05) is 13.2 Å². The SMILES string of the molecule is N#CC1(C2(c3cc(Cl)ccc3F)COC2)CC1. The molecule has 0 bridgehead atoms. The van der Waals surface area contributed by atoms with Crippen molar-refractivity contribution in [1.82, 2.24) is 0 Å². The van der Waals surface area contributed by atoms with E-state index in [0.717, 1.165) is 12.8 Å². The van der Waals surface area contributed by atoms with Crippen LogP contribution in [0.2, 0.25) is 5.02 Å². The first-order valence-electron chi connectivity index (χ1n) is 5.58. The fourth-order valence-electron chi connectivity index (χ4n) is 2.68. The quantitative estimate of drug-likeness (QED) is 0.809. The van der Waals surface area contributed by atoms with E-state index in [0.29, 0.717) is 23.8 Å². The van der Waals surface area contributed by atoms with Crippen molar-refractivity contribution in [3.63, 3.8) is 0 Å². The summed E-state index contributed by atoms with van der Waals surface area (Å²) in [5, 5.41) is 9.82. The van der Waals surface area contributed by atoms with Crippen LogP contribution >= 0.6 is 11.6 Å². The molecule has 1 heterocycles. The first-order valence-corrected chi connectivity index (χ1v) is 5.96. The molecular weight excluding hydrogens is 241 g/mol. The fourth-order valence-corrected chi connectivity index (χ4v) is 2.85. The third kappa shape index (κ3) is 1.34. The number of rotatable bonds is 2. The van der Waals surface area contributed by atoms with E-state index in [1.807, 2.05) is 0 Å². The summed E-state index contributed by atoms with van der Waals surface area (Å²) in [7, 11) is 0. The van der Waals surface area contributed by atoms with Gasteiger partial charge in [-0.25, -0.2) is 4.39 Å². The van der Waals surface area contributed by atoms with Crippen LogP contribution in [0.4, 0.5) is 4.39 Å². The van der Waals surface area contributed by atoms with Gasteiger partial charge in [0.25, 0.3) is 0 Å². The molecule has 1 saturated heterocycles. The summed E-state index contributed by atoms with van der Waals surface area (Å²) in [5.41, 5.74) is -0.400. The van der Waals surface area contributed by atoms with E-state index < -0.39 is 10.8 Å². The van der Waals surface area contributed by atoms with Gasteiger partial charge in [-0.1, -0.05) is 11.6 Å². The highest BCUT2D eigenvalue weighted by Crippen LogP contribution is 2.62. The molecule has 17 heavy (non-hydrogen) atoms. The number of hydrogen-bond donors (Lipinski definition) is 0. The Labute approximate surface area is 104 Å². The van der Waals surface area contributed by atoms with Gasteiger partial charge in [-0.05, 0) is 31.0 Å². The van der Waals surface area contributed by atoms with Gasteiger partial charge in [0, 0.05) is 10.6 Å². The molecule has 0 spiro atoms. The molecule has 2 aliphatic rings. The highest BCUT2D eigenvalue weighted by Gasteiger charge is 2.65. The van der Waals surface area contributed by atoms with Crippen molar-refractivity contribution in [3.8, 4) is 6.07 Å². The van der Waals surface area contributed by atoms with Gasteiger partial charge in [-0.3, -0.25) is 0 Å². The van der Waals surface area contributed by atoms with Crippen molar-refractivity contribution in [3.05, 3.63) is 34.6 Å². The van der Waals surface area contributed by atoms with Crippen LogP contribution in [0.5, 0.6) is 0 Å². The molecule has 1 aliphatic carbocycles. The van der Waals surface area contributed by atoms with E-state index in [9.17, 15) is 9.65 Å².